The SMILES string of the molecule is C#CCCCC(NC)c1ccnn1C. The van der Waals surface area contributed by atoms with Crippen LogP contribution in [0.4, 0.5) is 0 Å². The normalized spacial score (nSPS) is 12.4. The van der Waals surface area contributed by atoms with Gasteiger partial charge in [0.15, 0.2) is 0 Å². The second kappa shape index (κ2) is 5.46. The van der Waals surface area contributed by atoms with E-state index in [0.29, 0.717) is 6.04 Å². The summed E-state index contributed by atoms with van der Waals surface area (Å²) in [6.45, 7) is 0. The molecule has 0 spiro atoms. The van der Waals surface area contributed by atoms with Gasteiger partial charge in [0, 0.05) is 25.7 Å². The van der Waals surface area contributed by atoms with Crippen LogP contribution in [0.15, 0.2) is 12.3 Å². The van der Waals surface area contributed by atoms with Crippen LogP contribution in [0.1, 0.15) is 31.0 Å². The summed E-state index contributed by atoms with van der Waals surface area (Å²) in [4.78, 5) is 0. The van der Waals surface area contributed by atoms with Crippen molar-refractivity contribution in [3.05, 3.63) is 18.0 Å². The Morgan fingerprint density at radius 3 is 3.00 bits per heavy atom. The number of aromatic nitrogens is 2. The van der Waals surface area contributed by atoms with Crippen molar-refractivity contribution in [3.8, 4) is 12.3 Å². The second-order valence-electron chi connectivity index (χ2n) is 3.32. The third kappa shape index (κ3) is 2.61. The van der Waals surface area contributed by atoms with Crippen LogP contribution in [-0.2, 0) is 7.05 Å². The fourth-order valence-corrected chi connectivity index (χ4v) is 1.57. The molecule has 1 aromatic rings. The quantitative estimate of drug-likeness (QED) is 0.564. The lowest BCUT2D eigenvalue weighted by Gasteiger charge is -2.15. The molecule has 0 fully saturated rings. The molecule has 0 aromatic carbocycles. The molecule has 0 bridgehead atoms. The van der Waals surface area contributed by atoms with Gasteiger partial charge in [-0.25, -0.2) is 0 Å². The average Bonchev–Trinajstić information content (AvgIpc) is 2.60. The van der Waals surface area contributed by atoms with Crippen LogP contribution in [0.3, 0.4) is 0 Å². The van der Waals surface area contributed by atoms with Crippen LogP contribution in [0, 0.1) is 12.3 Å². The van der Waals surface area contributed by atoms with Crippen molar-refractivity contribution < 1.29 is 0 Å². The molecule has 76 valence electrons. The maximum absolute atomic E-state index is 5.22. The first-order valence-electron chi connectivity index (χ1n) is 4.88. The Bertz CT molecular complexity index is 309. The third-order valence-corrected chi connectivity index (χ3v) is 2.38. The van der Waals surface area contributed by atoms with E-state index in [1.807, 2.05) is 31.0 Å². The Labute approximate surface area is 85.5 Å². The van der Waals surface area contributed by atoms with Gasteiger partial charge in [-0.3, -0.25) is 4.68 Å². The van der Waals surface area contributed by atoms with Gasteiger partial charge < -0.3 is 5.32 Å². The Morgan fingerprint density at radius 1 is 1.71 bits per heavy atom. The molecule has 0 amide bonds. The van der Waals surface area contributed by atoms with Gasteiger partial charge in [-0.15, -0.1) is 12.3 Å². The Kier molecular flexibility index (Phi) is 4.21. The smallest absolute Gasteiger partial charge is 0.0550 e. The molecular weight excluding hydrogens is 174 g/mol. The van der Waals surface area contributed by atoms with Crippen molar-refractivity contribution in [2.75, 3.05) is 7.05 Å². The van der Waals surface area contributed by atoms with Gasteiger partial charge in [-0.2, -0.15) is 5.10 Å². The highest BCUT2D eigenvalue weighted by atomic mass is 15.3. The van der Waals surface area contributed by atoms with Crippen molar-refractivity contribution in [1.29, 1.82) is 0 Å². The number of nitrogens with one attached hydrogen (secondary N) is 1. The lowest BCUT2D eigenvalue weighted by atomic mass is 10.1. The van der Waals surface area contributed by atoms with Gasteiger partial charge in [0.05, 0.1) is 5.69 Å². The van der Waals surface area contributed by atoms with E-state index in [-0.39, 0.29) is 0 Å². The van der Waals surface area contributed by atoms with E-state index in [9.17, 15) is 0 Å². The molecule has 3 heteroatoms. The molecule has 1 aromatic heterocycles. The summed E-state index contributed by atoms with van der Waals surface area (Å²) in [5, 5.41) is 7.42. The van der Waals surface area contributed by atoms with Crippen LogP contribution in [-0.4, -0.2) is 16.8 Å². The monoisotopic (exact) mass is 191 g/mol. The Balaban J connectivity index is 2.55. The highest BCUT2D eigenvalue weighted by Crippen LogP contribution is 2.17. The van der Waals surface area contributed by atoms with Gasteiger partial charge >= 0.3 is 0 Å². The number of aryl methyl sites for hydroxylation is 1. The van der Waals surface area contributed by atoms with Crippen LogP contribution in [0.2, 0.25) is 0 Å². The zero-order chi connectivity index (χ0) is 10.4. The molecule has 3 nitrogen and oxygen atoms in total. The standard InChI is InChI=1S/C11H17N3/c1-4-5-6-7-10(12-2)11-8-9-13-14(11)3/h1,8-10,12H,5-7H2,2-3H3. The summed E-state index contributed by atoms with van der Waals surface area (Å²) < 4.78 is 1.90. The Hall–Kier alpha value is -1.27. The summed E-state index contributed by atoms with van der Waals surface area (Å²) in [5.74, 6) is 2.66. The van der Waals surface area contributed by atoms with Gasteiger partial charge in [0.1, 0.15) is 0 Å². The second-order valence-corrected chi connectivity index (χ2v) is 3.32. The topological polar surface area (TPSA) is 29.9 Å². The van der Waals surface area contributed by atoms with E-state index in [1.165, 1.54) is 5.69 Å². The van der Waals surface area contributed by atoms with E-state index in [4.69, 9.17) is 6.42 Å². The van der Waals surface area contributed by atoms with E-state index in [2.05, 4.69) is 16.3 Å². The highest BCUT2D eigenvalue weighted by Gasteiger charge is 2.11. The zero-order valence-electron chi connectivity index (χ0n) is 8.83. The lowest BCUT2D eigenvalue weighted by Crippen LogP contribution is -2.19. The molecule has 0 aliphatic carbocycles. The first kappa shape index (κ1) is 10.8. The summed E-state index contributed by atoms with van der Waals surface area (Å²) in [7, 11) is 3.92. The van der Waals surface area contributed by atoms with E-state index in [0.717, 1.165) is 19.3 Å². The molecule has 1 unspecified atom stereocenters. The third-order valence-electron chi connectivity index (χ3n) is 2.38. The van der Waals surface area contributed by atoms with Crippen LogP contribution >= 0.6 is 0 Å². The number of unbranched alkanes of at least 4 members (excludes halogenated alkanes) is 1. The van der Waals surface area contributed by atoms with Gasteiger partial charge in [-0.1, -0.05) is 0 Å². The van der Waals surface area contributed by atoms with Crippen molar-refractivity contribution in [2.24, 2.45) is 7.05 Å². The first-order valence-corrected chi connectivity index (χ1v) is 4.88. The number of rotatable bonds is 5. The first-order chi connectivity index (χ1) is 6.79. The maximum atomic E-state index is 5.22. The molecule has 0 radical (unpaired) electrons. The summed E-state index contributed by atoms with van der Waals surface area (Å²) in [6.07, 6.45) is 9.98. The molecule has 0 saturated heterocycles. The minimum atomic E-state index is 0.357. The van der Waals surface area contributed by atoms with Crippen LogP contribution in [0.5, 0.6) is 0 Å². The summed E-state index contributed by atoms with van der Waals surface area (Å²) in [6, 6.07) is 2.40. The summed E-state index contributed by atoms with van der Waals surface area (Å²) >= 11 is 0. The zero-order valence-corrected chi connectivity index (χ0v) is 8.83. The lowest BCUT2D eigenvalue weighted by molar-refractivity contribution is 0.494. The van der Waals surface area contributed by atoms with Crippen molar-refractivity contribution in [3.63, 3.8) is 0 Å². The van der Waals surface area contributed by atoms with Gasteiger partial charge in [0.2, 0.25) is 0 Å². The van der Waals surface area contributed by atoms with Crippen LogP contribution in [0.25, 0.3) is 0 Å². The number of nitrogens with zero attached hydrogens (tertiary/aromatic N) is 2. The van der Waals surface area contributed by atoms with Crippen molar-refractivity contribution in [1.82, 2.24) is 15.1 Å². The van der Waals surface area contributed by atoms with Gasteiger partial charge in [0.25, 0.3) is 0 Å². The molecule has 0 saturated carbocycles. The van der Waals surface area contributed by atoms with Crippen molar-refractivity contribution >= 4 is 0 Å². The molecule has 1 N–H and O–H groups in total. The number of terminal acetylenes is 1. The maximum Gasteiger partial charge on any atom is 0.0550 e. The minimum Gasteiger partial charge on any atom is -0.312 e. The fourth-order valence-electron chi connectivity index (χ4n) is 1.57. The molecule has 1 atom stereocenters. The molecule has 1 heterocycles. The predicted molar refractivity (Wildman–Crippen MR) is 57.7 cm³/mol. The van der Waals surface area contributed by atoms with Crippen molar-refractivity contribution in [2.45, 2.75) is 25.3 Å². The Morgan fingerprint density at radius 2 is 2.50 bits per heavy atom. The molecule has 0 aliphatic heterocycles. The van der Waals surface area contributed by atoms with Gasteiger partial charge in [-0.05, 0) is 26.0 Å². The molecular formula is C11H17N3. The average molecular weight is 191 g/mol. The summed E-state index contributed by atoms with van der Waals surface area (Å²) in [5.41, 5.74) is 1.21. The molecule has 14 heavy (non-hydrogen) atoms. The highest BCUT2D eigenvalue weighted by molar-refractivity contribution is 5.06. The number of hydrogen-bond acceptors (Lipinski definition) is 2. The molecule has 1 rings (SSSR count). The predicted octanol–water partition coefficient (Wildman–Crippen LogP) is 1.48. The molecule has 0 aliphatic rings. The van der Waals surface area contributed by atoms with E-state index < -0.39 is 0 Å². The minimum absolute atomic E-state index is 0.357. The van der Waals surface area contributed by atoms with E-state index >= 15 is 0 Å². The number of hydrogen-bond donors (Lipinski definition) is 1. The largest absolute Gasteiger partial charge is 0.312 e. The fraction of sp³-hybridized carbons (Fsp3) is 0.545. The van der Waals surface area contributed by atoms with E-state index in [1.54, 1.807) is 0 Å². The van der Waals surface area contributed by atoms with Crippen LogP contribution < -0.4 is 5.32 Å².